The molecule has 1 aliphatic heterocycles. The summed E-state index contributed by atoms with van der Waals surface area (Å²) in [5, 5.41) is 10.5. The number of hydrogen-bond donors (Lipinski definition) is 2. The number of nitrogens with zero attached hydrogens (tertiary/aromatic N) is 2. The van der Waals surface area contributed by atoms with Gasteiger partial charge in [-0.25, -0.2) is 4.98 Å². The number of benzene rings is 1. The van der Waals surface area contributed by atoms with Gasteiger partial charge >= 0.3 is 0 Å². The van der Waals surface area contributed by atoms with Gasteiger partial charge in [0.2, 0.25) is 5.91 Å². The van der Waals surface area contributed by atoms with Crippen molar-refractivity contribution in [3.05, 3.63) is 58.6 Å². The number of phenolic OH excluding ortho intramolecular Hbond substituents is 1. The third-order valence-corrected chi connectivity index (χ3v) is 5.54. The maximum atomic E-state index is 11.5. The molecule has 1 aliphatic rings. The number of pyridine rings is 1. The maximum Gasteiger partial charge on any atom is 0.248 e. The van der Waals surface area contributed by atoms with Crippen molar-refractivity contribution < 1.29 is 14.6 Å². The summed E-state index contributed by atoms with van der Waals surface area (Å²) in [6.45, 7) is 3.55. The minimum absolute atomic E-state index is 0.134. The Bertz CT molecular complexity index is 1020. The first-order chi connectivity index (χ1) is 13.0. The molecule has 1 aromatic carbocycles. The highest BCUT2D eigenvalue weighted by atomic mass is 32.1. The summed E-state index contributed by atoms with van der Waals surface area (Å²) in [5.41, 5.74) is 7.62. The molecule has 0 saturated carbocycles. The molecule has 138 valence electrons. The van der Waals surface area contributed by atoms with Gasteiger partial charge in [0.05, 0.1) is 6.54 Å². The number of anilines is 1. The van der Waals surface area contributed by atoms with E-state index in [0.717, 1.165) is 16.0 Å². The molecule has 0 aliphatic carbocycles. The number of phenols is 1. The van der Waals surface area contributed by atoms with E-state index in [0.29, 0.717) is 36.8 Å². The van der Waals surface area contributed by atoms with Gasteiger partial charge in [-0.2, -0.15) is 0 Å². The van der Waals surface area contributed by atoms with Crippen molar-refractivity contribution >= 4 is 23.1 Å². The Hall–Kier alpha value is -3.06. The van der Waals surface area contributed by atoms with Crippen LogP contribution >= 0.6 is 11.3 Å². The minimum atomic E-state index is -0.488. The van der Waals surface area contributed by atoms with E-state index in [1.54, 1.807) is 35.7 Å². The molecule has 6 nitrogen and oxygen atoms in total. The van der Waals surface area contributed by atoms with Crippen LogP contribution in [0.5, 0.6) is 11.5 Å². The Morgan fingerprint density at radius 3 is 2.89 bits per heavy atom. The summed E-state index contributed by atoms with van der Waals surface area (Å²) in [4.78, 5) is 20.2. The molecule has 4 rings (SSSR count). The van der Waals surface area contributed by atoms with Gasteiger partial charge in [-0.1, -0.05) is 0 Å². The fourth-order valence-electron chi connectivity index (χ4n) is 3.17. The fourth-order valence-corrected chi connectivity index (χ4v) is 4.03. The molecule has 3 N–H and O–H groups in total. The Labute approximate surface area is 160 Å². The lowest BCUT2D eigenvalue weighted by Gasteiger charge is -2.21. The summed E-state index contributed by atoms with van der Waals surface area (Å²) < 4.78 is 5.80. The van der Waals surface area contributed by atoms with Crippen LogP contribution < -0.4 is 15.4 Å². The molecule has 7 heteroatoms. The van der Waals surface area contributed by atoms with Crippen LogP contribution in [0.15, 0.2) is 42.6 Å². The van der Waals surface area contributed by atoms with E-state index < -0.39 is 5.91 Å². The van der Waals surface area contributed by atoms with Crippen LogP contribution in [0.4, 0.5) is 5.82 Å². The zero-order chi connectivity index (χ0) is 19.0. The van der Waals surface area contributed by atoms with Crippen molar-refractivity contribution in [1.82, 2.24) is 4.98 Å². The van der Waals surface area contributed by atoms with E-state index in [-0.39, 0.29) is 5.75 Å². The van der Waals surface area contributed by atoms with Crippen molar-refractivity contribution in [2.45, 2.75) is 13.5 Å². The number of aryl methyl sites for hydroxylation is 1. The number of thiophene rings is 1. The molecule has 0 radical (unpaired) electrons. The van der Waals surface area contributed by atoms with Crippen molar-refractivity contribution in [2.75, 3.05) is 18.1 Å². The van der Waals surface area contributed by atoms with Crippen molar-refractivity contribution in [1.29, 1.82) is 0 Å². The first-order valence-electron chi connectivity index (χ1n) is 8.57. The highest BCUT2D eigenvalue weighted by Crippen LogP contribution is 2.39. The van der Waals surface area contributed by atoms with Crippen LogP contribution in [-0.4, -0.2) is 29.1 Å². The van der Waals surface area contributed by atoms with Crippen molar-refractivity contribution in [2.24, 2.45) is 5.73 Å². The zero-order valence-electron chi connectivity index (χ0n) is 14.8. The smallest absolute Gasteiger partial charge is 0.248 e. The molecule has 0 atom stereocenters. The average molecular weight is 381 g/mol. The molecule has 0 saturated heterocycles. The van der Waals surface area contributed by atoms with Gasteiger partial charge in [0.25, 0.3) is 0 Å². The third kappa shape index (κ3) is 3.46. The quantitative estimate of drug-likeness (QED) is 0.726. The number of aromatic hydroxyl groups is 1. The van der Waals surface area contributed by atoms with E-state index in [9.17, 15) is 9.90 Å². The number of carbonyl (C=O) groups is 1. The van der Waals surface area contributed by atoms with Crippen LogP contribution in [0.1, 0.15) is 20.8 Å². The molecule has 27 heavy (non-hydrogen) atoms. The van der Waals surface area contributed by atoms with Crippen LogP contribution in [0.3, 0.4) is 0 Å². The summed E-state index contributed by atoms with van der Waals surface area (Å²) in [6.07, 6.45) is 1.57. The van der Waals surface area contributed by atoms with Crippen LogP contribution in [0.2, 0.25) is 0 Å². The number of hydrogen-bond acceptors (Lipinski definition) is 6. The molecule has 0 bridgehead atoms. The largest absolute Gasteiger partial charge is 0.504 e. The predicted octanol–water partition coefficient (Wildman–Crippen LogP) is 3.32. The third-order valence-electron chi connectivity index (χ3n) is 4.49. The Morgan fingerprint density at radius 1 is 1.30 bits per heavy atom. The van der Waals surface area contributed by atoms with Gasteiger partial charge in [0.15, 0.2) is 11.5 Å². The lowest BCUT2D eigenvalue weighted by Crippen LogP contribution is -2.26. The van der Waals surface area contributed by atoms with E-state index in [1.807, 2.05) is 17.0 Å². The van der Waals surface area contributed by atoms with Crippen LogP contribution in [0.25, 0.3) is 10.4 Å². The molecule has 3 heterocycles. The highest BCUT2D eigenvalue weighted by molar-refractivity contribution is 7.15. The van der Waals surface area contributed by atoms with E-state index >= 15 is 0 Å². The summed E-state index contributed by atoms with van der Waals surface area (Å²) in [5.74, 6) is 0.799. The van der Waals surface area contributed by atoms with Gasteiger partial charge < -0.3 is 20.5 Å². The molecule has 2 aromatic heterocycles. The monoisotopic (exact) mass is 381 g/mol. The van der Waals surface area contributed by atoms with Gasteiger partial charge in [0, 0.05) is 33.6 Å². The summed E-state index contributed by atoms with van der Waals surface area (Å²) in [6, 6.07) is 11.2. The van der Waals surface area contributed by atoms with Gasteiger partial charge in [-0.3, -0.25) is 4.79 Å². The second kappa shape index (κ2) is 6.92. The topological polar surface area (TPSA) is 88.7 Å². The van der Waals surface area contributed by atoms with Gasteiger partial charge in [0.1, 0.15) is 12.4 Å². The molecular weight excluding hydrogens is 362 g/mol. The molecule has 0 fully saturated rings. The van der Waals surface area contributed by atoms with E-state index in [1.165, 1.54) is 4.88 Å². The first-order valence-corrected chi connectivity index (χ1v) is 9.39. The highest BCUT2D eigenvalue weighted by Gasteiger charge is 2.21. The van der Waals surface area contributed by atoms with Gasteiger partial charge in [-0.05, 0) is 48.9 Å². The summed E-state index contributed by atoms with van der Waals surface area (Å²) >= 11 is 1.68. The van der Waals surface area contributed by atoms with Crippen molar-refractivity contribution in [3.8, 4) is 21.9 Å². The number of nitrogens with two attached hydrogens (primary N) is 1. The number of aromatic nitrogens is 1. The van der Waals surface area contributed by atoms with Crippen LogP contribution in [-0.2, 0) is 6.54 Å². The molecule has 3 aromatic rings. The van der Waals surface area contributed by atoms with Crippen molar-refractivity contribution in [3.63, 3.8) is 0 Å². The number of primary amides is 1. The Morgan fingerprint density at radius 2 is 2.15 bits per heavy atom. The number of amides is 1. The summed E-state index contributed by atoms with van der Waals surface area (Å²) in [7, 11) is 0. The standard InChI is InChI=1S/C20H19N3O3S/c1-12-2-3-17(27-12)14-8-15-11-23(6-7-26-19(15)16(24)9-14)18-10-13(20(21)25)4-5-22-18/h2-5,8-10,24H,6-7,11H2,1H3,(H2,21,25). The normalized spacial score (nSPS) is 13.6. The second-order valence-electron chi connectivity index (χ2n) is 6.43. The van der Waals surface area contributed by atoms with Crippen LogP contribution in [0, 0.1) is 6.92 Å². The second-order valence-corrected chi connectivity index (χ2v) is 7.72. The molecule has 1 amide bonds. The number of carbonyl (C=O) groups excluding carboxylic acids is 1. The number of rotatable bonds is 3. The zero-order valence-corrected chi connectivity index (χ0v) is 15.6. The first kappa shape index (κ1) is 17.4. The molecular formula is C20H19N3O3S. The minimum Gasteiger partial charge on any atom is -0.504 e. The SMILES string of the molecule is Cc1ccc(-c2cc(O)c3c(c2)CN(c2cc(C(N)=O)ccn2)CCO3)s1. The molecule has 0 spiro atoms. The Balaban J connectivity index is 1.71. The van der Waals surface area contributed by atoms with E-state index in [4.69, 9.17) is 10.5 Å². The average Bonchev–Trinajstić information content (AvgIpc) is 2.96. The number of fused-ring (bicyclic) bond motifs is 1. The Kier molecular flexibility index (Phi) is 4.45. The lowest BCUT2D eigenvalue weighted by atomic mass is 10.1. The lowest BCUT2D eigenvalue weighted by molar-refractivity contribution is 0.1000. The van der Waals surface area contributed by atoms with E-state index in [2.05, 4.69) is 18.0 Å². The fraction of sp³-hybridized carbons (Fsp3) is 0.200. The number of ether oxygens (including phenoxy) is 1. The predicted molar refractivity (Wildman–Crippen MR) is 105 cm³/mol. The van der Waals surface area contributed by atoms with Gasteiger partial charge in [-0.15, -0.1) is 11.3 Å². The molecule has 0 unspecified atom stereocenters. The maximum absolute atomic E-state index is 11.5.